The number of fused-ring (bicyclic) bond motifs is 1. The number of rotatable bonds is 3. The van der Waals surface area contributed by atoms with Crippen LogP contribution in [0.5, 0.6) is 0 Å². The minimum absolute atomic E-state index is 0.0187. The van der Waals surface area contributed by atoms with Crippen LogP contribution in [0.25, 0.3) is 0 Å². The maximum absolute atomic E-state index is 11.9. The molecule has 2 amide bonds. The van der Waals surface area contributed by atoms with Crippen molar-refractivity contribution in [3.63, 3.8) is 0 Å². The standard InChI is InChI=1S/C12H21N3O3/c16-11(17)4-5-13-12(18)15-8-2-7-14-6-1-3-10(14)9-15/h10H,1-9H2,(H,13,18)(H,16,17). The van der Waals surface area contributed by atoms with E-state index in [4.69, 9.17) is 5.11 Å². The monoisotopic (exact) mass is 255 g/mol. The minimum atomic E-state index is -0.881. The predicted molar refractivity (Wildman–Crippen MR) is 66.4 cm³/mol. The van der Waals surface area contributed by atoms with Gasteiger partial charge in [-0.25, -0.2) is 4.79 Å². The molecule has 18 heavy (non-hydrogen) atoms. The van der Waals surface area contributed by atoms with Crippen molar-refractivity contribution in [3.8, 4) is 0 Å². The first-order chi connectivity index (χ1) is 8.66. The summed E-state index contributed by atoms with van der Waals surface area (Å²) in [5, 5.41) is 11.2. The first-order valence-corrected chi connectivity index (χ1v) is 6.65. The van der Waals surface area contributed by atoms with Gasteiger partial charge in [0.2, 0.25) is 0 Å². The van der Waals surface area contributed by atoms with Crippen molar-refractivity contribution < 1.29 is 14.7 Å². The Hall–Kier alpha value is -1.30. The number of amides is 2. The summed E-state index contributed by atoms with van der Waals surface area (Å²) in [6.07, 6.45) is 3.37. The van der Waals surface area contributed by atoms with E-state index in [0.29, 0.717) is 6.04 Å². The Kier molecular flexibility index (Phi) is 4.41. The number of hydrogen-bond acceptors (Lipinski definition) is 3. The molecular formula is C12H21N3O3. The average Bonchev–Trinajstić information content (AvgIpc) is 2.66. The first-order valence-electron chi connectivity index (χ1n) is 6.65. The van der Waals surface area contributed by atoms with E-state index in [0.717, 1.165) is 32.6 Å². The van der Waals surface area contributed by atoms with Gasteiger partial charge in [0.1, 0.15) is 0 Å². The molecule has 6 nitrogen and oxygen atoms in total. The molecule has 2 aliphatic rings. The summed E-state index contributed by atoms with van der Waals surface area (Å²) in [5.74, 6) is -0.881. The fraction of sp³-hybridized carbons (Fsp3) is 0.833. The van der Waals surface area contributed by atoms with Crippen LogP contribution in [0.1, 0.15) is 25.7 Å². The second-order valence-corrected chi connectivity index (χ2v) is 5.01. The molecule has 0 aliphatic carbocycles. The molecule has 2 N–H and O–H groups in total. The Balaban J connectivity index is 1.80. The van der Waals surface area contributed by atoms with Crippen LogP contribution < -0.4 is 5.32 Å². The molecule has 2 rings (SSSR count). The van der Waals surface area contributed by atoms with E-state index in [1.54, 1.807) is 0 Å². The molecule has 102 valence electrons. The van der Waals surface area contributed by atoms with Crippen molar-refractivity contribution in [1.29, 1.82) is 0 Å². The highest BCUT2D eigenvalue weighted by molar-refractivity contribution is 5.75. The highest BCUT2D eigenvalue weighted by Crippen LogP contribution is 2.21. The average molecular weight is 255 g/mol. The van der Waals surface area contributed by atoms with Crippen molar-refractivity contribution in [3.05, 3.63) is 0 Å². The van der Waals surface area contributed by atoms with Crippen LogP contribution in [0.15, 0.2) is 0 Å². The Morgan fingerprint density at radius 3 is 2.78 bits per heavy atom. The van der Waals surface area contributed by atoms with E-state index in [1.807, 2.05) is 4.90 Å². The van der Waals surface area contributed by atoms with Crippen LogP contribution in [-0.4, -0.2) is 65.7 Å². The normalized spacial score (nSPS) is 24.4. The number of carboxylic acids is 1. The smallest absolute Gasteiger partial charge is 0.317 e. The summed E-state index contributed by atoms with van der Waals surface area (Å²) >= 11 is 0. The van der Waals surface area contributed by atoms with Gasteiger partial charge in [0.25, 0.3) is 0 Å². The van der Waals surface area contributed by atoms with Crippen LogP contribution in [-0.2, 0) is 4.79 Å². The Labute approximate surface area is 107 Å². The van der Waals surface area contributed by atoms with Gasteiger partial charge in [0.15, 0.2) is 0 Å². The molecule has 2 saturated heterocycles. The largest absolute Gasteiger partial charge is 0.481 e. The number of carbonyl (C=O) groups excluding carboxylic acids is 1. The zero-order valence-electron chi connectivity index (χ0n) is 10.6. The van der Waals surface area contributed by atoms with Crippen molar-refractivity contribution >= 4 is 12.0 Å². The molecule has 0 aromatic rings. The minimum Gasteiger partial charge on any atom is -0.481 e. The summed E-state index contributed by atoms with van der Waals surface area (Å²) in [4.78, 5) is 26.6. The third-order valence-electron chi connectivity index (χ3n) is 3.71. The van der Waals surface area contributed by atoms with Gasteiger partial charge >= 0.3 is 12.0 Å². The fourth-order valence-electron chi connectivity index (χ4n) is 2.78. The number of urea groups is 1. The molecule has 0 aromatic heterocycles. The van der Waals surface area contributed by atoms with Gasteiger partial charge < -0.3 is 15.3 Å². The lowest BCUT2D eigenvalue weighted by atomic mass is 10.2. The fourth-order valence-corrected chi connectivity index (χ4v) is 2.78. The Morgan fingerprint density at radius 1 is 1.22 bits per heavy atom. The van der Waals surface area contributed by atoms with Crippen LogP contribution in [0.4, 0.5) is 4.79 Å². The summed E-state index contributed by atoms with van der Waals surface area (Å²) < 4.78 is 0. The van der Waals surface area contributed by atoms with Gasteiger partial charge in [0, 0.05) is 32.2 Å². The maximum Gasteiger partial charge on any atom is 0.317 e. The molecular weight excluding hydrogens is 234 g/mol. The van der Waals surface area contributed by atoms with E-state index in [-0.39, 0.29) is 19.0 Å². The molecule has 0 radical (unpaired) electrons. The number of aliphatic carboxylic acids is 1. The van der Waals surface area contributed by atoms with Gasteiger partial charge in [0.05, 0.1) is 6.42 Å². The molecule has 1 unspecified atom stereocenters. The first kappa shape index (κ1) is 13.1. The third kappa shape index (κ3) is 3.35. The quantitative estimate of drug-likeness (QED) is 0.763. The van der Waals surface area contributed by atoms with E-state index < -0.39 is 5.97 Å². The maximum atomic E-state index is 11.9. The number of hydrogen-bond donors (Lipinski definition) is 2. The van der Waals surface area contributed by atoms with Crippen LogP contribution in [0, 0.1) is 0 Å². The van der Waals surface area contributed by atoms with Crippen molar-refractivity contribution in [2.75, 3.05) is 32.7 Å². The lowest BCUT2D eigenvalue weighted by Crippen LogP contribution is -2.45. The topological polar surface area (TPSA) is 72.9 Å². The molecule has 2 fully saturated rings. The van der Waals surface area contributed by atoms with Crippen molar-refractivity contribution in [2.24, 2.45) is 0 Å². The molecule has 1 atom stereocenters. The highest BCUT2D eigenvalue weighted by Gasteiger charge is 2.30. The van der Waals surface area contributed by atoms with E-state index in [9.17, 15) is 9.59 Å². The summed E-state index contributed by atoms with van der Waals surface area (Å²) in [6.45, 7) is 3.98. The Morgan fingerprint density at radius 2 is 2.00 bits per heavy atom. The molecule has 0 aromatic carbocycles. The van der Waals surface area contributed by atoms with Crippen LogP contribution in [0.3, 0.4) is 0 Å². The van der Waals surface area contributed by atoms with E-state index in [1.165, 1.54) is 12.8 Å². The number of carboxylic acid groups (broad SMARTS) is 1. The number of nitrogens with one attached hydrogen (secondary N) is 1. The summed E-state index contributed by atoms with van der Waals surface area (Å²) in [7, 11) is 0. The lowest BCUT2D eigenvalue weighted by molar-refractivity contribution is -0.136. The highest BCUT2D eigenvalue weighted by atomic mass is 16.4. The van der Waals surface area contributed by atoms with Gasteiger partial charge in [-0.1, -0.05) is 0 Å². The summed E-state index contributed by atoms with van der Waals surface area (Å²) in [5.41, 5.74) is 0. The van der Waals surface area contributed by atoms with E-state index >= 15 is 0 Å². The molecule has 0 bridgehead atoms. The zero-order valence-corrected chi connectivity index (χ0v) is 10.6. The van der Waals surface area contributed by atoms with Crippen LogP contribution >= 0.6 is 0 Å². The van der Waals surface area contributed by atoms with E-state index in [2.05, 4.69) is 10.2 Å². The van der Waals surface area contributed by atoms with Gasteiger partial charge in [-0.05, 0) is 25.8 Å². The summed E-state index contributed by atoms with van der Waals surface area (Å²) in [6, 6.07) is 0.378. The second kappa shape index (κ2) is 6.04. The molecule has 0 saturated carbocycles. The molecule has 0 spiro atoms. The lowest BCUT2D eigenvalue weighted by Gasteiger charge is -2.25. The number of carbonyl (C=O) groups is 2. The molecule has 2 heterocycles. The van der Waals surface area contributed by atoms with Crippen LogP contribution in [0.2, 0.25) is 0 Å². The third-order valence-corrected chi connectivity index (χ3v) is 3.71. The Bertz CT molecular complexity index is 322. The number of nitrogens with zero attached hydrogens (tertiary/aromatic N) is 2. The molecule has 6 heteroatoms. The van der Waals surface area contributed by atoms with Gasteiger partial charge in [-0.15, -0.1) is 0 Å². The van der Waals surface area contributed by atoms with Crippen molar-refractivity contribution in [1.82, 2.24) is 15.1 Å². The van der Waals surface area contributed by atoms with Gasteiger partial charge in [-0.2, -0.15) is 0 Å². The second-order valence-electron chi connectivity index (χ2n) is 5.01. The van der Waals surface area contributed by atoms with Crippen molar-refractivity contribution in [2.45, 2.75) is 31.7 Å². The SMILES string of the molecule is O=C(O)CCNC(=O)N1CCCN2CCCC2C1. The van der Waals surface area contributed by atoms with Gasteiger partial charge in [-0.3, -0.25) is 9.69 Å². The zero-order chi connectivity index (χ0) is 13.0. The predicted octanol–water partition coefficient (Wildman–Crippen LogP) is 0.341. The molecule has 2 aliphatic heterocycles.